The van der Waals surface area contributed by atoms with Gasteiger partial charge in [0.05, 0.1) is 28.4 Å². The molecule has 5 aromatic heterocycles. The van der Waals surface area contributed by atoms with Crippen molar-refractivity contribution in [2.45, 2.75) is 32.9 Å². The van der Waals surface area contributed by atoms with Crippen molar-refractivity contribution < 1.29 is 4.79 Å². The normalized spacial score (nSPS) is 17.1. The quantitative estimate of drug-likeness (QED) is 0.342. The molecule has 2 atom stereocenters. The molecule has 1 amide bonds. The van der Waals surface area contributed by atoms with Gasteiger partial charge >= 0.3 is 0 Å². The molecular formula is C29H26N10O. The molecule has 11 heteroatoms. The highest BCUT2D eigenvalue weighted by atomic mass is 16.2. The number of hydrogen-bond donors (Lipinski definition) is 0. The Morgan fingerprint density at radius 3 is 2.58 bits per heavy atom. The molecule has 1 fully saturated rings. The number of nitrogens with zero attached hydrogens (tertiary/aromatic N) is 10. The summed E-state index contributed by atoms with van der Waals surface area (Å²) < 4.78 is 1.86. The second-order valence-electron chi connectivity index (χ2n) is 9.84. The van der Waals surface area contributed by atoms with E-state index < -0.39 is 0 Å². The number of hydrogen-bond acceptors (Lipinski definition) is 9. The van der Waals surface area contributed by atoms with E-state index in [1.165, 1.54) is 0 Å². The van der Waals surface area contributed by atoms with Crippen molar-refractivity contribution in [1.29, 1.82) is 5.26 Å². The molecular weight excluding hydrogens is 504 g/mol. The number of aryl methyl sites for hydroxylation is 1. The molecule has 0 bridgehead atoms. The highest BCUT2D eigenvalue weighted by molar-refractivity contribution is 6.02. The van der Waals surface area contributed by atoms with Crippen molar-refractivity contribution in [3.05, 3.63) is 84.6 Å². The van der Waals surface area contributed by atoms with Crippen LogP contribution in [-0.2, 0) is 0 Å². The molecule has 5 aromatic rings. The topological polar surface area (TPSA) is 130 Å². The molecule has 0 unspecified atom stereocenters. The van der Waals surface area contributed by atoms with Gasteiger partial charge in [-0.25, -0.2) is 15.0 Å². The first-order valence-electron chi connectivity index (χ1n) is 13.0. The summed E-state index contributed by atoms with van der Waals surface area (Å²) in [6, 6.07) is 10.8. The monoisotopic (exact) mass is 530 g/mol. The van der Waals surface area contributed by atoms with E-state index in [0.29, 0.717) is 41.5 Å². The van der Waals surface area contributed by atoms with Gasteiger partial charge in [-0.1, -0.05) is 6.07 Å². The van der Waals surface area contributed by atoms with E-state index in [2.05, 4.69) is 42.8 Å². The third-order valence-corrected chi connectivity index (χ3v) is 7.22. The Bertz CT molecular complexity index is 1760. The van der Waals surface area contributed by atoms with E-state index in [-0.39, 0.29) is 18.0 Å². The molecule has 1 aliphatic rings. The predicted octanol–water partition coefficient (Wildman–Crippen LogP) is 3.59. The molecule has 11 nitrogen and oxygen atoms in total. The van der Waals surface area contributed by atoms with Gasteiger partial charge in [0.25, 0.3) is 5.91 Å². The van der Waals surface area contributed by atoms with Crippen molar-refractivity contribution in [3.63, 3.8) is 0 Å². The Kier molecular flexibility index (Phi) is 6.36. The van der Waals surface area contributed by atoms with E-state index in [1.807, 2.05) is 35.6 Å². The van der Waals surface area contributed by atoms with Gasteiger partial charge in [-0.3, -0.25) is 24.3 Å². The van der Waals surface area contributed by atoms with Gasteiger partial charge in [0.1, 0.15) is 23.7 Å². The molecule has 6 heterocycles. The maximum Gasteiger partial charge on any atom is 0.272 e. The molecule has 1 aliphatic heterocycles. The van der Waals surface area contributed by atoms with Gasteiger partial charge < -0.3 is 9.80 Å². The maximum atomic E-state index is 13.3. The number of nitriles is 1. The molecule has 1 saturated heterocycles. The number of aromatic nitrogens is 7. The summed E-state index contributed by atoms with van der Waals surface area (Å²) in [4.78, 5) is 44.7. The molecule has 6 rings (SSSR count). The average molecular weight is 531 g/mol. The summed E-state index contributed by atoms with van der Waals surface area (Å²) in [6.45, 7) is 7.11. The number of anilines is 1. The van der Waals surface area contributed by atoms with Gasteiger partial charge in [0.2, 0.25) is 0 Å². The summed E-state index contributed by atoms with van der Waals surface area (Å²) >= 11 is 0. The minimum atomic E-state index is -0.0894. The standard InChI is InChI=1S/C29H26N10O/c1-18-15-38(29(40)23-6-4-5-8-32-23)19(2)14-37(18)27-25-22(26-20(3)31-10-11-34-26)16-39(28(25)36-17-35-27)24-12-21(13-30)7-9-33-24/h4-12,16-19H,14-15H2,1-3H3/t18-,19+/m0/s1. The Labute approximate surface area is 230 Å². The third kappa shape index (κ3) is 4.29. The van der Waals surface area contributed by atoms with Crippen LogP contribution in [0.25, 0.3) is 28.1 Å². The lowest BCUT2D eigenvalue weighted by atomic mass is 10.1. The lowest BCUT2D eigenvalue weighted by molar-refractivity contribution is 0.0638. The van der Waals surface area contributed by atoms with Crippen LogP contribution in [0.3, 0.4) is 0 Å². The Morgan fingerprint density at radius 2 is 1.80 bits per heavy atom. The van der Waals surface area contributed by atoms with Crippen molar-refractivity contribution in [3.8, 4) is 23.1 Å². The van der Waals surface area contributed by atoms with Crippen molar-refractivity contribution in [2.24, 2.45) is 0 Å². The number of piperazine rings is 1. The van der Waals surface area contributed by atoms with Crippen LogP contribution >= 0.6 is 0 Å². The molecule has 0 aromatic carbocycles. The summed E-state index contributed by atoms with van der Waals surface area (Å²) in [7, 11) is 0. The van der Waals surface area contributed by atoms with E-state index in [0.717, 1.165) is 22.5 Å². The Hall–Kier alpha value is -5.24. The lowest BCUT2D eigenvalue weighted by Crippen LogP contribution is -2.58. The van der Waals surface area contributed by atoms with Gasteiger partial charge in [-0.2, -0.15) is 5.26 Å². The smallest absolute Gasteiger partial charge is 0.272 e. The number of fused-ring (bicyclic) bond motifs is 1. The van der Waals surface area contributed by atoms with Crippen LogP contribution in [0.1, 0.15) is 35.6 Å². The first-order valence-corrected chi connectivity index (χ1v) is 13.0. The van der Waals surface area contributed by atoms with E-state index >= 15 is 0 Å². The fraction of sp³-hybridized carbons (Fsp3) is 0.241. The van der Waals surface area contributed by atoms with Crippen LogP contribution in [0.4, 0.5) is 5.82 Å². The van der Waals surface area contributed by atoms with Gasteiger partial charge in [0, 0.05) is 61.7 Å². The van der Waals surface area contributed by atoms with Gasteiger partial charge in [-0.05, 0) is 45.0 Å². The van der Waals surface area contributed by atoms with Crippen LogP contribution in [0, 0.1) is 18.3 Å². The summed E-state index contributed by atoms with van der Waals surface area (Å²) in [6.07, 6.45) is 10.0. The second-order valence-corrected chi connectivity index (χ2v) is 9.84. The van der Waals surface area contributed by atoms with Crippen LogP contribution in [0.5, 0.6) is 0 Å². The average Bonchev–Trinajstić information content (AvgIpc) is 3.38. The van der Waals surface area contributed by atoms with Gasteiger partial charge in [0.15, 0.2) is 5.65 Å². The Balaban J connectivity index is 1.47. The number of carbonyl (C=O) groups excluding carboxylic acids is 1. The van der Waals surface area contributed by atoms with Crippen molar-refractivity contribution in [1.82, 2.24) is 39.4 Å². The van der Waals surface area contributed by atoms with Crippen LogP contribution in [0.2, 0.25) is 0 Å². The highest BCUT2D eigenvalue weighted by Gasteiger charge is 2.35. The minimum absolute atomic E-state index is 0.0406. The SMILES string of the molecule is Cc1nccnc1-c1cn(-c2cc(C#N)ccn2)c2ncnc(N3C[C@@H](C)N(C(=O)c4ccccn4)C[C@@H]3C)c12. The van der Waals surface area contributed by atoms with E-state index in [1.54, 1.807) is 55.4 Å². The number of rotatable bonds is 4. The predicted molar refractivity (Wildman–Crippen MR) is 149 cm³/mol. The first kappa shape index (κ1) is 25.1. The molecule has 0 N–H and O–H groups in total. The second kappa shape index (κ2) is 10.1. The Morgan fingerprint density at radius 1 is 0.950 bits per heavy atom. The fourth-order valence-electron chi connectivity index (χ4n) is 5.25. The van der Waals surface area contributed by atoms with Crippen molar-refractivity contribution in [2.75, 3.05) is 18.0 Å². The lowest BCUT2D eigenvalue weighted by Gasteiger charge is -2.44. The zero-order valence-electron chi connectivity index (χ0n) is 22.3. The molecule has 40 heavy (non-hydrogen) atoms. The van der Waals surface area contributed by atoms with Crippen molar-refractivity contribution >= 4 is 22.8 Å². The van der Waals surface area contributed by atoms with Crippen LogP contribution in [0.15, 0.2) is 67.6 Å². The summed E-state index contributed by atoms with van der Waals surface area (Å²) in [5.41, 5.74) is 3.86. The fourth-order valence-corrected chi connectivity index (χ4v) is 5.25. The minimum Gasteiger partial charge on any atom is -0.349 e. The molecule has 0 radical (unpaired) electrons. The van der Waals surface area contributed by atoms with Crippen LogP contribution in [-0.4, -0.2) is 70.5 Å². The summed E-state index contributed by atoms with van der Waals surface area (Å²) in [5.74, 6) is 1.22. The number of amides is 1. The molecule has 198 valence electrons. The van der Waals surface area contributed by atoms with Crippen LogP contribution < -0.4 is 4.90 Å². The van der Waals surface area contributed by atoms with E-state index in [9.17, 15) is 10.1 Å². The zero-order valence-corrected chi connectivity index (χ0v) is 22.3. The summed E-state index contributed by atoms with van der Waals surface area (Å²) in [5, 5.41) is 10.3. The first-order chi connectivity index (χ1) is 19.5. The van der Waals surface area contributed by atoms with E-state index in [4.69, 9.17) is 4.98 Å². The third-order valence-electron chi connectivity index (χ3n) is 7.22. The number of carbonyl (C=O) groups is 1. The maximum absolute atomic E-state index is 13.3. The molecule has 0 saturated carbocycles. The number of pyridine rings is 2. The van der Waals surface area contributed by atoms with Gasteiger partial charge in [-0.15, -0.1) is 0 Å². The molecule has 0 spiro atoms. The molecule has 0 aliphatic carbocycles. The highest BCUT2D eigenvalue weighted by Crippen LogP contribution is 2.38. The largest absolute Gasteiger partial charge is 0.349 e. The zero-order chi connectivity index (χ0) is 27.8.